The molecule has 0 saturated heterocycles. The summed E-state index contributed by atoms with van der Waals surface area (Å²) < 4.78 is 1.04. The van der Waals surface area contributed by atoms with Crippen LogP contribution >= 0.6 is 15.9 Å². The highest BCUT2D eigenvalue weighted by Crippen LogP contribution is 2.34. The van der Waals surface area contributed by atoms with E-state index in [2.05, 4.69) is 59.7 Å². The number of benzene rings is 1. The molecule has 0 aliphatic rings. The van der Waals surface area contributed by atoms with Gasteiger partial charge in [-0.2, -0.15) is 0 Å². The second kappa shape index (κ2) is 6.00. The quantitative estimate of drug-likeness (QED) is 0.897. The van der Waals surface area contributed by atoms with Crippen LogP contribution in [0.15, 0.2) is 28.9 Å². The van der Waals surface area contributed by atoms with Crippen LogP contribution in [0.25, 0.3) is 10.9 Å². The minimum absolute atomic E-state index is 0.432. The molecule has 0 aliphatic heterocycles. The fourth-order valence-electron chi connectivity index (χ4n) is 2.62. The van der Waals surface area contributed by atoms with Crippen molar-refractivity contribution in [1.82, 2.24) is 4.98 Å². The third-order valence-electron chi connectivity index (χ3n) is 3.66. The van der Waals surface area contributed by atoms with Crippen LogP contribution in [0, 0.1) is 5.92 Å². The minimum atomic E-state index is 0.432. The van der Waals surface area contributed by atoms with E-state index in [9.17, 15) is 0 Å². The Morgan fingerprint density at radius 3 is 2.65 bits per heavy atom. The van der Waals surface area contributed by atoms with Crippen molar-refractivity contribution in [2.75, 3.05) is 17.7 Å². The van der Waals surface area contributed by atoms with E-state index in [1.807, 2.05) is 12.1 Å². The van der Waals surface area contributed by atoms with Gasteiger partial charge in [-0.05, 0) is 37.5 Å². The number of fused-ring (bicyclic) bond motifs is 1. The summed E-state index contributed by atoms with van der Waals surface area (Å²) in [6.07, 6.45) is 2.89. The van der Waals surface area contributed by atoms with E-state index >= 15 is 0 Å². The van der Waals surface area contributed by atoms with Gasteiger partial charge in [0.2, 0.25) is 0 Å². The molecule has 2 rings (SSSR count). The SMILES string of the molecule is CC(C)CC(C)N(C)c1c(N)cnc2ccc(Br)cc12. The summed E-state index contributed by atoms with van der Waals surface area (Å²) in [7, 11) is 2.11. The Morgan fingerprint density at radius 2 is 2.00 bits per heavy atom. The molecule has 0 amide bonds. The van der Waals surface area contributed by atoms with Gasteiger partial charge < -0.3 is 10.6 Å². The molecule has 20 heavy (non-hydrogen) atoms. The van der Waals surface area contributed by atoms with Crippen LogP contribution in [0.5, 0.6) is 0 Å². The average molecular weight is 336 g/mol. The van der Waals surface area contributed by atoms with Crippen molar-refractivity contribution in [3.63, 3.8) is 0 Å². The van der Waals surface area contributed by atoms with Gasteiger partial charge in [0.05, 0.1) is 23.1 Å². The van der Waals surface area contributed by atoms with E-state index < -0.39 is 0 Å². The Kier molecular flexibility index (Phi) is 4.53. The zero-order chi connectivity index (χ0) is 14.9. The van der Waals surface area contributed by atoms with Crippen molar-refractivity contribution >= 4 is 38.2 Å². The molecule has 0 aliphatic carbocycles. The van der Waals surface area contributed by atoms with Crippen molar-refractivity contribution in [3.8, 4) is 0 Å². The van der Waals surface area contributed by atoms with Gasteiger partial charge in [-0.1, -0.05) is 29.8 Å². The van der Waals surface area contributed by atoms with Gasteiger partial charge in [0.15, 0.2) is 0 Å². The third-order valence-corrected chi connectivity index (χ3v) is 4.15. The standard InChI is InChI=1S/C16H22BrN3/c1-10(2)7-11(3)20(4)16-13-8-12(17)5-6-15(13)19-9-14(16)18/h5-6,8-11H,7,18H2,1-4H3. The number of anilines is 2. The maximum atomic E-state index is 6.19. The Labute approximate surface area is 129 Å². The molecule has 1 aromatic carbocycles. The minimum Gasteiger partial charge on any atom is -0.396 e. The summed E-state index contributed by atoms with van der Waals surface area (Å²) in [6.45, 7) is 6.73. The number of aromatic nitrogens is 1. The summed E-state index contributed by atoms with van der Waals surface area (Å²) in [5, 5.41) is 1.09. The Morgan fingerprint density at radius 1 is 1.30 bits per heavy atom. The van der Waals surface area contributed by atoms with Gasteiger partial charge >= 0.3 is 0 Å². The van der Waals surface area contributed by atoms with Gasteiger partial charge in [-0.25, -0.2) is 0 Å². The monoisotopic (exact) mass is 335 g/mol. The molecule has 108 valence electrons. The van der Waals surface area contributed by atoms with E-state index in [0.29, 0.717) is 12.0 Å². The number of nitrogen functional groups attached to an aromatic ring is 1. The smallest absolute Gasteiger partial charge is 0.0745 e. The van der Waals surface area contributed by atoms with Crippen LogP contribution < -0.4 is 10.6 Å². The molecule has 3 nitrogen and oxygen atoms in total. The van der Waals surface area contributed by atoms with Crippen LogP contribution in [-0.4, -0.2) is 18.1 Å². The second-order valence-electron chi connectivity index (χ2n) is 5.81. The van der Waals surface area contributed by atoms with Crippen molar-refractivity contribution in [2.45, 2.75) is 33.2 Å². The Balaban J connectivity index is 2.51. The molecular formula is C16H22BrN3. The zero-order valence-electron chi connectivity index (χ0n) is 12.5. The molecule has 4 heteroatoms. The molecule has 0 fully saturated rings. The van der Waals surface area contributed by atoms with Crippen molar-refractivity contribution in [1.29, 1.82) is 0 Å². The highest BCUT2D eigenvalue weighted by molar-refractivity contribution is 9.10. The fourth-order valence-corrected chi connectivity index (χ4v) is 2.98. The molecule has 0 saturated carbocycles. The van der Waals surface area contributed by atoms with E-state index in [1.165, 1.54) is 0 Å². The van der Waals surface area contributed by atoms with Gasteiger partial charge in [-0.3, -0.25) is 4.98 Å². The second-order valence-corrected chi connectivity index (χ2v) is 6.73. The number of nitrogens with two attached hydrogens (primary N) is 1. The molecule has 1 atom stereocenters. The number of rotatable bonds is 4. The molecule has 1 aromatic heterocycles. The first-order valence-electron chi connectivity index (χ1n) is 6.96. The van der Waals surface area contributed by atoms with E-state index in [0.717, 1.165) is 33.2 Å². The summed E-state index contributed by atoms with van der Waals surface area (Å²) in [4.78, 5) is 6.68. The molecular weight excluding hydrogens is 314 g/mol. The topological polar surface area (TPSA) is 42.1 Å². The van der Waals surface area contributed by atoms with E-state index in [1.54, 1.807) is 6.20 Å². The van der Waals surface area contributed by atoms with E-state index in [-0.39, 0.29) is 0 Å². The van der Waals surface area contributed by atoms with E-state index in [4.69, 9.17) is 5.73 Å². The number of halogens is 1. The lowest BCUT2D eigenvalue weighted by molar-refractivity contribution is 0.505. The summed E-state index contributed by atoms with van der Waals surface area (Å²) >= 11 is 3.53. The number of pyridine rings is 1. The van der Waals surface area contributed by atoms with Crippen LogP contribution in [0.1, 0.15) is 27.2 Å². The lowest BCUT2D eigenvalue weighted by Crippen LogP contribution is -2.31. The van der Waals surface area contributed by atoms with Gasteiger partial charge in [0.1, 0.15) is 0 Å². The first-order valence-corrected chi connectivity index (χ1v) is 7.76. The van der Waals surface area contributed by atoms with Gasteiger partial charge in [-0.15, -0.1) is 0 Å². The Hall–Kier alpha value is -1.29. The average Bonchev–Trinajstić information content (AvgIpc) is 2.37. The number of hydrogen-bond acceptors (Lipinski definition) is 3. The van der Waals surface area contributed by atoms with Gasteiger partial charge in [0.25, 0.3) is 0 Å². The molecule has 2 aromatic rings. The van der Waals surface area contributed by atoms with Crippen LogP contribution in [0.2, 0.25) is 0 Å². The Bertz CT molecular complexity index is 605. The molecule has 0 bridgehead atoms. The van der Waals surface area contributed by atoms with Crippen molar-refractivity contribution < 1.29 is 0 Å². The first kappa shape index (κ1) is 15.1. The zero-order valence-corrected chi connectivity index (χ0v) is 14.1. The molecule has 2 N–H and O–H groups in total. The number of nitrogens with zero attached hydrogens (tertiary/aromatic N) is 2. The lowest BCUT2D eigenvalue weighted by Gasteiger charge is -2.30. The normalized spacial score (nSPS) is 12.9. The van der Waals surface area contributed by atoms with Crippen molar-refractivity contribution in [3.05, 3.63) is 28.9 Å². The van der Waals surface area contributed by atoms with Crippen LogP contribution in [0.3, 0.4) is 0 Å². The van der Waals surface area contributed by atoms with Crippen LogP contribution in [-0.2, 0) is 0 Å². The lowest BCUT2D eigenvalue weighted by atomic mass is 10.0. The highest BCUT2D eigenvalue weighted by Gasteiger charge is 2.17. The summed E-state index contributed by atoms with van der Waals surface area (Å²) in [5.74, 6) is 0.661. The summed E-state index contributed by atoms with van der Waals surface area (Å²) in [5.41, 5.74) is 8.96. The predicted molar refractivity (Wildman–Crippen MR) is 91.2 cm³/mol. The van der Waals surface area contributed by atoms with Crippen molar-refractivity contribution in [2.24, 2.45) is 5.92 Å². The predicted octanol–water partition coefficient (Wildman–Crippen LogP) is 4.45. The molecule has 0 spiro atoms. The van der Waals surface area contributed by atoms with Gasteiger partial charge in [0, 0.05) is 22.9 Å². The highest BCUT2D eigenvalue weighted by atomic mass is 79.9. The molecule has 1 heterocycles. The first-order chi connectivity index (χ1) is 9.40. The third kappa shape index (κ3) is 3.06. The maximum absolute atomic E-state index is 6.19. The largest absolute Gasteiger partial charge is 0.396 e. The molecule has 0 radical (unpaired) electrons. The number of hydrogen-bond donors (Lipinski definition) is 1. The van der Waals surface area contributed by atoms with Crippen LogP contribution in [0.4, 0.5) is 11.4 Å². The summed E-state index contributed by atoms with van der Waals surface area (Å²) in [6, 6.07) is 6.55. The fraction of sp³-hybridized carbons (Fsp3) is 0.438. The molecule has 1 unspecified atom stereocenters. The maximum Gasteiger partial charge on any atom is 0.0745 e.